The smallest absolute Gasteiger partial charge is 0.315 e. The van der Waals surface area contributed by atoms with E-state index in [1.165, 1.54) is 5.56 Å². The van der Waals surface area contributed by atoms with E-state index >= 15 is 0 Å². The molecule has 1 heterocycles. The first-order chi connectivity index (χ1) is 10.2. The third-order valence-electron chi connectivity index (χ3n) is 3.89. The second-order valence-corrected chi connectivity index (χ2v) is 5.67. The molecule has 2 rings (SSSR count). The number of aliphatic hydroxyl groups is 1. The number of nitrogens with one attached hydrogen (secondary N) is 2. The molecule has 2 atom stereocenters. The quantitative estimate of drug-likeness (QED) is 0.693. The zero-order chi connectivity index (χ0) is 15.1. The highest BCUT2D eigenvalue weighted by atomic mass is 16.3. The first-order valence-electron chi connectivity index (χ1n) is 7.62. The number of hydrogen-bond acceptors (Lipinski definition) is 3. The molecule has 1 aromatic rings. The fraction of sp³-hybridized carbons (Fsp3) is 0.562. The van der Waals surface area contributed by atoms with E-state index in [9.17, 15) is 4.79 Å². The number of urea groups is 1. The maximum atomic E-state index is 11.7. The summed E-state index contributed by atoms with van der Waals surface area (Å²) in [6.45, 7) is 4.62. The van der Waals surface area contributed by atoms with Crippen LogP contribution in [0.5, 0.6) is 0 Å². The normalized spacial score (nSPS) is 22.2. The van der Waals surface area contributed by atoms with Crippen LogP contribution in [0.2, 0.25) is 0 Å². The van der Waals surface area contributed by atoms with Crippen molar-refractivity contribution in [2.24, 2.45) is 0 Å². The zero-order valence-corrected chi connectivity index (χ0v) is 12.6. The lowest BCUT2D eigenvalue weighted by Gasteiger charge is -2.20. The van der Waals surface area contributed by atoms with E-state index in [1.54, 1.807) is 0 Å². The van der Waals surface area contributed by atoms with Crippen molar-refractivity contribution in [3.63, 3.8) is 0 Å². The number of amides is 2. The van der Waals surface area contributed by atoms with Gasteiger partial charge in [-0.2, -0.15) is 0 Å². The summed E-state index contributed by atoms with van der Waals surface area (Å²) in [5.74, 6) is 0. The standard InChI is InChI=1S/C16H25N3O2/c1-13-10-15(18-16(21)17-8-5-9-20)12-19(13)11-14-6-3-2-4-7-14/h2-4,6-7,13,15,20H,5,8-12H2,1H3,(H2,17,18,21). The average molecular weight is 291 g/mol. The fourth-order valence-corrected chi connectivity index (χ4v) is 2.76. The Bertz CT molecular complexity index is 438. The molecule has 0 spiro atoms. The van der Waals surface area contributed by atoms with Gasteiger partial charge in [-0.3, -0.25) is 4.90 Å². The predicted molar refractivity (Wildman–Crippen MR) is 83.0 cm³/mol. The van der Waals surface area contributed by atoms with Gasteiger partial charge in [-0.1, -0.05) is 30.3 Å². The molecule has 5 nitrogen and oxygen atoms in total. The van der Waals surface area contributed by atoms with Crippen LogP contribution < -0.4 is 10.6 Å². The molecule has 2 unspecified atom stereocenters. The van der Waals surface area contributed by atoms with Crippen LogP contribution in [0.15, 0.2) is 30.3 Å². The van der Waals surface area contributed by atoms with E-state index in [0.29, 0.717) is 19.0 Å². The summed E-state index contributed by atoms with van der Waals surface area (Å²) in [5, 5.41) is 14.5. The predicted octanol–water partition coefficient (Wildman–Crippen LogP) is 1.33. The molecule has 1 aromatic carbocycles. The Balaban J connectivity index is 1.77. The topological polar surface area (TPSA) is 64.6 Å². The Morgan fingerprint density at radius 1 is 1.38 bits per heavy atom. The maximum absolute atomic E-state index is 11.7. The molecule has 116 valence electrons. The second-order valence-electron chi connectivity index (χ2n) is 5.67. The number of likely N-dealkylation sites (tertiary alicyclic amines) is 1. The molecule has 21 heavy (non-hydrogen) atoms. The minimum Gasteiger partial charge on any atom is -0.396 e. The molecule has 1 aliphatic heterocycles. The Labute approximate surface area is 126 Å². The van der Waals surface area contributed by atoms with Crippen LogP contribution in [0.4, 0.5) is 4.79 Å². The molecule has 0 bridgehead atoms. The number of hydrogen-bond donors (Lipinski definition) is 3. The monoisotopic (exact) mass is 291 g/mol. The average Bonchev–Trinajstić information content (AvgIpc) is 2.80. The van der Waals surface area contributed by atoms with E-state index in [0.717, 1.165) is 19.5 Å². The highest BCUT2D eigenvalue weighted by molar-refractivity contribution is 5.74. The van der Waals surface area contributed by atoms with Crippen LogP contribution in [-0.4, -0.2) is 47.8 Å². The van der Waals surface area contributed by atoms with Crippen molar-refractivity contribution in [1.29, 1.82) is 0 Å². The van der Waals surface area contributed by atoms with Gasteiger partial charge in [0, 0.05) is 38.3 Å². The van der Waals surface area contributed by atoms with Gasteiger partial charge in [0.15, 0.2) is 0 Å². The maximum Gasteiger partial charge on any atom is 0.315 e. The lowest BCUT2D eigenvalue weighted by Crippen LogP contribution is -2.43. The SMILES string of the molecule is CC1CC(NC(=O)NCCCO)CN1Cc1ccccc1. The number of aliphatic hydroxyl groups excluding tert-OH is 1. The van der Waals surface area contributed by atoms with Crippen molar-refractivity contribution in [2.75, 3.05) is 19.7 Å². The summed E-state index contributed by atoms with van der Waals surface area (Å²) in [6.07, 6.45) is 1.56. The molecule has 3 N–H and O–H groups in total. The summed E-state index contributed by atoms with van der Waals surface area (Å²) in [7, 11) is 0. The van der Waals surface area contributed by atoms with E-state index < -0.39 is 0 Å². The van der Waals surface area contributed by atoms with Gasteiger partial charge in [-0.25, -0.2) is 4.79 Å². The fourth-order valence-electron chi connectivity index (χ4n) is 2.76. The molecule has 0 aliphatic carbocycles. The van der Waals surface area contributed by atoms with Gasteiger partial charge in [-0.15, -0.1) is 0 Å². The van der Waals surface area contributed by atoms with Gasteiger partial charge >= 0.3 is 6.03 Å². The molecular formula is C16H25N3O2. The molecule has 1 saturated heterocycles. The first-order valence-corrected chi connectivity index (χ1v) is 7.62. The third-order valence-corrected chi connectivity index (χ3v) is 3.89. The Hall–Kier alpha value is -1.59. The van der Waals surface area contributed by atoms with E-state index in [4.69, 9.17) is 5.11 Å². The van der Waals surface area contributed by atoms with Crippen LogP contribution >= 0.6 is 0 Å². The van der Waals surface area contributed by atoms with Crippen LogP contribution in [0.3, 0.4) is 0 Å². The molecule has 1 fully saturated rings. The Kier molecular flexibility index (Phi) is 6.02. The molecule has 1 aliphatic rings. The Morgan fingerprint density at radius 3 is 2.86 bits per heavy atom. The molecule has 0 saturated carbocycles. The summed E-state index contributed by atoms with van der Waals surface area (Å²) in [5.41, 5.74) is 1.30. The number of carbonyl (C=O) groups is 1. The number of rotatable bonds is 6. The van der Waals surface area contributed by atoms with E-state index in [2.05, 4.69) is 46.7 Å². The lowest BCUT2D eigenvalue weighted by atomic mass is 10.2. The van der Waals surface area contributed by atoms with Crippen molar-refractivity contribution < 1.29 is 9.90 Å². The molecule has 5 heteroatoms. The summed E-state index contributed by atoms with van der Waals surface area (Å²) < 4.78 is 0. The van der Waals surface area contributed by atoms with Gasteiger partial charge in [-0.05, 0) is 25.3 Å². The highest BCUT2D eigenvalue weighted by Crippen LogP contribution is 2.20. The van der Waals surface area contributed by atoms with Gasteiger partial charge in [0.25, 0.3) is 0 Å². The van der Waals surface area contributed by atoms with Crippen LogP contribution in [0.1, 0.15) is 25.3 Å². The number of benzene rings is 1. The molecular weight excluding hydrogens is 266 g/mol. The zero-order valence-electron chi connectivity index (χ0n) is 12.6. The second kappa shape index (κ2) is 8.00. The number of nitrogens with zero attached hydrogens (tertiary/aromatic N) is 1. The van der Waals surface area contributed by atoms with Crippen molar-refractivity contribution in [3.05, 3.63) is 35.9 Å². The first kappa shape index (κ1) is 15.8. The van der Waals surface area contributed by atoms with Gasteiger partial charge in [0.1, 0.15) is 0 Å². The van der Waals surface area contributed by atoms with Gasteiger partial charge < -0.3 is 15.7 Å². The molecule has 0 radical (unpaired) electrons. The Morgan fingerprint density at radius 2 is 2.14 bits per heavy atom. The van der Waals surface area contributed by atoms with Gasteiger partial charge in [0.2, 0.25) is 0 Å². The summed E-state index contributed by atoms with van der Waals surface area (Å²) in [6, 6.07) is 10.9. The van der Waals surface area contributed by atoms with Crippen molar-refractivity contribution in [1.82, 2.24) is 15.5 Å². The minimum atomic E-state index is -0.137. The van der Waals surface area contributed by atoms with Crippen molar-refractivity contribution in [2.45, 2.75) is 38.4 Å². The van der Waals surface area contributed by atoms with E-state index in [-0.39, 0.29) is 18.7 Å². The van der Waals surface area contributed by atoms with Crippen LogP contribution in [0, 0.1) is 0 Å². The molecule has 2 amide bonds. The third kappa shape index (κ3) is 5.02. The summed E-state index contributed by atoms with van der Waals surface area (Å²) in [4.78, 5) is 14.1. The van der Waals surface area contributed by atoms with Gasteiger partial charge in [0.05, 0.1) is 0 Å². The van der Waals surface area contributed by atoms with Crippen LogP contribution in [-0.2, 0) is 6.54 Å². The van der Waals surface area contributed by atoms with E-state index in [1.807, 2.05) is 6.07 Å². The highest BCUT2D eigenvalue weighted by Gasteiger charge is 2.29. The van der Waals surface area contributed by atoms with Crippen LogP contribution in [0.25, 0.3) is 0 Å². The largest absolute Gasteiger partial charge is 0.396 e. The molecule has 0 aromatic heterocycles. The summed E-state index contributed by atoms with van der Waals surface area (Å²) >= 11 is 0. The van der Waals surface area contributed by atoms with Crippen molar-refractivity contribution in [3.8, 4) is 0 Å². The van der Waals surface area contributed by atoms with Crippen molar-refractivity contribution >= 4 is 6.03 Å². The number of carbonyl (C=O) groups excluding carboxylic acids is 1. The minimum absolute atomic E-state index is 0.103. The lowest BCUT2D eigenvalue weighted by molar-refractivity contribution is 0.232.